The highest BCUT2D eigenvalue weighted by atomic mass is 16.5. The summed E-state index contributed by atoms with van der Waals surface area (Å²) in [7, 11) is 1.66. The van der Waals surface area contributed by atoms with Crippen LogP contribution in [0.25, 0.3) is 0 Å². The molecule has 1 atom stereocenters. The van der Waals surface area contributed by atoms with E-state index >= 15 is 0 Å². The number of methoxy groups -OCH3 is 1. The molecule has 0 aliphatic rings. The number of rotatable bonds is 6. The number of hydrogen-bond acceptors (Lipinski definition) is 4. The number of benzene rings is 2. The van der Waals surface area contributed by atoms with Crippen molar-refractivity contribution >= 4 is 0 Å². The van der Waals surface area contributed by atoms with E-state index in [1.165, 1.54) is 6.07 Å². The van der Waals surface area contributed by atoms with Crippen LogP contribution in [0.4, 0.5) is 0 Å². The van der Waals surface area contributed by atoms with Crippen molar-refractivity contribution in [3.05, 3.63) is 53.6 Å². The van der Waals surface area contributed by atoms with Crippen molar-refractivity contribution in [1.29, 1.82) is 0 Å². The van der Waals surface area contributed by atoms with Crippen LogP contribution >= 0.6 is 0 Å². The Labute approximate surface area is 125 Å². The van der Waals surface area contributed by atoms with Gasteiger partial charge in [-0.15, -0.1) is 0 Å². The van der Waals surface area contributed by atoms with E-state index < -0.39 is 0 Å². The summed E-state index contributed by atoms with van der Waals surface area (Å²) in [4.78, 5) is 0. The van der Waals surface area contributed by atoms with Crippen molar-refractivity contribution < 1.29 is 14.9 Å². The summed E-state index contributed by atoms with van der Waals surface area (Å²) in [5.74, 6) is 0.677. The molecule has 0 radical (unpaired) electrons. The number of para-hydroxylation sites is 2. The first-order valence-electron chi connectivity index (χ1n) is 7.03. The molecule has 21 heavy (non-hydrogen) atoms. The maximum atomic E-state index is 9.84. The highest BCUT2D eigenvalue weighted by molar-refractivity contribution is 5.44. The molecule has 0 heterocycles. The normalized spacial score (nSPS) is 12.1. The van der Waals surface area contributed by atoms with Crippen molar-refractivity contribution in [2.45, 2.75) is 25.9 Å². The fraction of sp³-hybridized carbons (Fsp3) is 0.294. The Morgan fingerprint density at radius 3 is 2.57 bits per heavy atom. The van der Waals surface area contributed by atoms with Gasteiger partial charge in [-0.1, -0.05) is 37.3 Å². The molecule has 0 fully saturated rings. The average molecular weight is 287 g/mol. The third-order valence-corrected chi connectivity index (χ3v) is 3.56. The molecule has 112 valence electrons. The van der Waals surface area contributed by atoms with Crippen LogP contribution in [0.1, 0.15) is 30.5 Å². The van der Waals surface area contributed by atoms with Crippen LogP contribution in [-0.4, -0.2) is 17.3 Å². The molecule has 0 amide bonds. The predicted octanol–water partition coefficient (Wildman–Crippen LogP) is 3.35. The maximum Gasteiger partial charge on any atom is 0.161 e. The summed E-state index contributed by atoms with van der Waals surface area (Å²) in [6.45, 7) is 2.56. The topological polar surface area (TPSA) is 61.7 Å². The second-order valence-corrected chi connectivity index (χ2v) is 4.87. The molecular formula is C17H21NO3. The zero-order valence-electron chi connectivity index (χ0n) is 12.3. The lowest BCUT2D eigenvalue weighted by Gasteiger charge is -2.20. The number of aromatic hydroxyl groups is 2. The molecule has 0 spiro atoms. The van der Waals surface area contributed by atoms with E-state index in [0.717, 1.165) is 17.7 Å². The summed E-state index contributed by atoms with van der Waals surface area (Å²) < 4.78 is 5.39. The van der Waals surface area contributed by atoms with E-state index in [9.17, 15) is 10.2 Å². The van der Waals surface area contributed by atoms with Gasteiger partial charge in [0.1, 0.15) is 5.75 Å². The van der Waals surface area contributed by atoms with Crippen molar-refractivity contribution in [1.82, 2.24) is 5.32 Å². The summed E-state index contributed by atoms with van der Waals surface area (Å²) in [5, 5.41) is 22.8. The second-order valence-electron chi connectivity index (χ2n) is 4.87. The second kappa shape index (κ2) is 6.99. The number of nitrogens with one attached hydrogen (secondary N) is 1. The SMILES string of the molecule is CCC(NCc1cccc(O)c1O)c1ccccc1OC. The average Bonchev–Trinajstić information content (AvgIpc) is 2.52. The molecule has 2 aromatic rings. The minimum Gasteiger partial charge on any atom is -0.504 e. The zero-order valence-corrected chi connectivity index (χ0v) is 12.3. The molecule has 0 aliphatic carbocycles. The van der Waals surface area contributed by atoms with Gasteiger partial charge in [-0.25, -0.2) is 0 Å². The molecule has 3 N–H and O–H groups in total. The summed E-state index contributed by atoms with van der Waals surface area (Å²) in [5.41, 5.74) is 1.76. The van der Waals surface area contributed by atoms with Gasteiger partial charge in [0.25, 0.3) is 0 Å². The van der Waals surface area contributed by atoms with Crippen LogP contribution in [0.15, 0.2) is 42.5 Å². The van der Waals surface area contributed by atoms with Crippen LogP contribution in [-0.2, 0) is 6.54 Å². The van der Waals surface area contributed by atoms with Crippen LogP contribution in [0.3, 0.4) is 0 Å². The van der Waals surface area contributed by atoms with Crippen molar-refractivity contribution in [2.24, 2.45) is 0 Å². The van der Waals surface area contributed by atoms with Crippen LogP contribution < -0.4 is 10.1 Å². The van der Waals surface area contributed by atoms with Crippen molar-refractivity contribution in [2.75, 3.05) is 7.11 Å². The van der Waals surface area contributed by atoms with Crippen LogP contribution in [0.5, 0.6) is 17.2 Å². The summed E-state index contributed by atoms with van der Waals surface area (Å²) in [6, 6.07) is 13.0. The van der Waals surface area contributed by atoms with Gasteiger partial charge in [0.05, 0.1) is 7.11 Å². The van der Waals surface area contributed by atoms with Gasteiger partial charge in [-0.3, -0.25) is 0 Å². The van der Waals surface area contributed by atoms with Crippen LogP contribution in [0, 0.1) is 0 Å². The lowest BCUT2D eigenvalue weighted by molar-refractivity contribution is 0.388. The molecule has 2 aromatic carbocycles. The number of phenols is 2. The highest BCUT2D eigenvalue weighted by Gasteiger charge is 2.14. The molecule has 2 rings (SSSR count). The third kappa shape index (κ3) is 3.47. The number of hydrogen-bond donors (Lipinski definition) is 3. The Kier molecular flexibility index (Phi) is 5.06. The Morgan fingerprint density at radius 2 is 1.86 bits per heavy atom. The molecule has 4 nitrogen and oxygen atoms in total. The van der Waals surface area contributed by atoms with Crippen molar-refractivity contribution in [3.63, 3.8) is 0 Å². The van der Waals surface area contributed by atoms with Gasteiger partial charge in [0.2, 0.25) is 0 Å². The minimum atomic E-state index is -0.0976. The van der Waals surface area contributed by atoms with Gasteiger partial charge in [0, 0.05) is 23.7 Å². The van der Waals surface area contributed by atoms with Crippen molar-refractivity contribution in [3.8, 4) is 17.2 Å². The van der Waals surface area contributed by atoms with E-state index in [0.29, 0.717) is 12.1 Å². The highest BCUT2D eigenvalue weighted by Crippen LogP contribution is 2.30. The Balaban J connectivity index is 2.14. The van der Waals surface area contributed by atoms with E-state index in [1.54, 1.807) is 19.2 Å². The largest absolute Gasteiger partial charge is 0.504 e. The van der Waals surface area contributed by atoms with Gasteiger partial charge in [0.15, 0.2) is 11.5 Å². The first-order valence-corrected chi connectivity index (χ1v) is 7.03. The molecule has 1 unspecified atom stereocenters. The number of ether oxygens (including phenoxy) is 1. The first kappa shape index (κ1) is 15.2. The molecule has 0 aromatic heterocycles. The molecule has 0 saturated heterocycles. The smallest absolute Gasteiger partial charge is 0.161 e. The maximum absolute atomic E-state index is 9.84. The van der Waals surface area contributed by atoms with E-state index in [4.69, 9.17) is 4.74 Å². The molecule has 0 saturated carbocycles. The zero-order chi connectivity index (χ0) is 15.2. The molecule has 0 aliphatic heterocycles. The molecule has 0 bridgehead atoms. The summed E-state index contributed by atoms with van der Waals surface area (Å²) in [6.07, 6.45) is 0.889. The van der Waals surface area contributed by atoms with E-state index in [-0.39, 0.29) is 17.5 Å². The lowest BCUT2D eigenvalue weighted by atomic mass is 10.0. The third-order valence-electron chi connectivity index (χ3n) is 3.56. The van der Waals surface area contributed by atoms with Gasteiger partial charge in [-0.05, 0) is 18.6 Å². The van der Waals surface area contributed by atoms with E-state index in [1.807, 2.05) is 24.3 Å². The standard InChI is InChI=1S/C17H21NO3/c1-3-14(13-8-4-5-10-16(13)21-2)18-11-12-7-6-9-15(19)17(12)20/h4-10,14,18-20H,3,11H2,1-2H3. The Bertz CT molecular complexity index is 598. The van der Waals surface area contributed by atoms with Crippen LogP contribution in [0.2, 0.25) is 0 Å². The quantitative estimate of drug-likeness (QED) is 0.713. The first-order chi connectivity index (χ1) is 10.2. The Hall–Kier alpha value is -2.20. The van der Waals surface area contributed by atoms with Gasteiger partial charge >= 0.3 is 0 Å². The lowest BCUT2D eigenvalue weighted by Crippen LogP contribution is -2.20. The fourth-order valence-corrected chi connectivity index (χ4v) is 2.38. The molecule has 4 heteroatoms. The predicted molar refractivity (Wildman–Crippen MR) is 82.6 cm³/mol. The minimum absolute atomic E-state index is 0.0696. The number of phenolic OH excluding ortho intramolecular Hbond substituents is 2. The fourth-order valence-electron chi connectivity index (χ4n) is 2.38. The van der Waals surface area contributed by atoms with Gasteiger partial charge in [-0.2, -0.15) is 0 Å². The monoisotopic (exact) mass is 287 g/mol. The summed E-state index contributed by atoms with van der Waals surface area (Å²) >= 11 is 0. The Morgan fingerprint density at radius 1 is 1.10 bits per heavy atom. The van der Waals surface area contributed by atoms with Gasteiger partial charge < -0.3 is 20.3 Å². The van der Waals surface area contributed by atoms with E-state index in [2.05, 4.69) is 12.2 Å². The molecular weight excluding hydrogens is 266 g/mol.